The quantitative estimate of drug-likeness (QED) is 0.208. The summed E-state index contributed by atoms with van der Waals surface area (Å²) in [5.74, 6) is 2.05. The summed E-state index contributed by atoms with van der Waals surface area (Å²) >= 11 is 0. The molecule has 0 N–H and O–H groups in total. The SMILES string of the molecule is C[Si]1c2ccccc2-c2ccc(-c3nc(-c4ccccc4)nc(-c4ccc(-c5cccc6ccccc56)cc4)n3)cc21. The standard InChI is InChI=1S/C38H26N3Si/c1-42-34-17-8-7-15-32(34)33-23-22-29(24-35(33)42)38-40-36(27-11-3-2-4-12-27)39-37(41-38)28-20-18-26(19-21-28)31-16-9-13-25-10-5-6-14-30(25)31/h2-24H,1H3. The third-order valence-corrected chi connectivity index (χ3v) is 10.7. The number of hydrogen-bond donors (Lipinski definition) is 0. The predicted octanol–water partition coefficient (Wildman–Crippen LogP) is 7.91. The van der Waals surface area contributed by atoms with Crippen molar-refractivity contribution in [3.63, 3.8) is 0 Å². The van der Waals surface area contributed by atoms with E-state index in [4.69, 9.17) is 15.0 Å². The molecule has 4 heteroatoms. The second-order valence-electron chi connectivity index (χ2n) is 10.7. The van der Waals surface area contributed by atoms with Gasteiger partial charge in [-0.15, -0.1) is 0 Å². The first kappa shape index (κ1) is 24.6. The normalized spacial score (nSPS) is 12.3. The number of benzene rings is 6. The molecule has 42 heavy (non-hydrogen) atoms. The van der Waals surface area contributed by atoms with Crippen LogP contribution in [-0.2, 0) is 0 Å². The topological polar surface area (TPSA) is 38.7 Å². The molecular formula is C38H26N3Si. The van der Waals surface area contributed by atoms with E-state index in [-0.39, 0.29) is 0 Å². The fourth-order valence-corrected chi connectivity index (χ4v) is 8.30. The van der Waals surface area contributed by atoms with E-state index in [1.807, 2.05) is 18.2 Å². The molecule has 0 aliphatic carbocycles. The van der Waals surface area contributed by atoms with Crippen molar-refractivity contribution >= 4 is 29.9 Å². The minimum Gasteiger partial charge on any atom is -0.208 e. The highest BCUT2D eigenvalue weighted by molar-refractivity contribution is 6.88. The third-order valence-electron chi connectivity index (χ3n) is 8.21. The zero-order valence-electron chi connectivity index (χ0n) is 23.1. The van der Waals surface area contributed by atoms with Crippen LogP contribution >= 0.6 is 0 Å². The zero-order chi connectivity index (χ0) is 28.0. The Kier molecular flexibility index (Phi) is 5.87. The van der Waals surface area contributed by atoms with Crippen LogP contribution in [0, 0.1) is 0 Å². The highest BCUT2D eigenvalue weighted by Crippen LogP contribution is 2.32. The smallest absolute Gasteiger partial charge is 0.164 e. The number of hydrogen-bond acceptors (Lipinski definition) is 3. The summed E-state index contributed by atoms with van der Waals surface area (Å²) in [5, 5.41) is 5.38. The minimum atomic E-state index is -0.841. The Morgan fingerprint density at radius 2 is 0.952 bits per heavy atom. The number of aromatic nitrogens is 3. The van der Waals surface area contributed by atoms with Gasteiger partial charge in [0.25, 0.3) is 0 Å². The van der Waals surface area contributed by atoms with Crippen molar-refractivity contribution in [1.29, 1.82) is 0 Å². The number of rotatable bonds is 4. The first-order chi connectivity index (χ1) is 20.7. The molecule has 1 aliphatic heterocycles. The molecule has 1 aliphatic rings. The van der Waals surface area contributed by atoms with Crippen molar-refractivity contribution in [3.8, 4) is 56.4 Å². The molecule has 0 unspecified atom stereocenters. The summed E-state index contributed by atoms with van der Waals surface area (Å²) in [6.45, 7) is 2.38. The second-order valence-corrected chi connectivity index (χ2v) is 13.0. The summed E-state index contributed by atoms with van der Waals surface area (Å²) in [4.78, 5) is 15.0. The average molecular weight is 553 g/mol. The maximum absolute atomic E-state index is 5.04. The average Bonchev–Trinajstić information content (AvgIpc) is 3.35. The van der Waals surface area contributed by atoms with Crippen LogP contribution in [0.4, 0.5) is 0 Å². The molecule has 0 bridgehead atoms. The molecule has 0 amide bonds. The van der Waals surface area contributed by atoms with Gasteiger partial charge in [-0.2, -0.15) is 0 Å². The van der Waals surface area contributed by atoms with E-state index in [0.29, 0.717) is 17.5 Å². The lowest BCUT2D eigenvalue weighted by atomic mass is 9.97. The molecule has 0 fully saturated rings. The number of nitrogens with zero attached hydrogens (tertiary/aromatic N) is 3. The van der Waals surface area contributed by atoms with Gasteiger partial charge in [-0.1, -0.05) is 146 Å². The predicted molar refractivity (Wildman–Crippen MR) is 175 cm³/mol. The molecule has 8 rings (SSSR count). The Bertz CT molecular complexity index is 2100. The second kappa shape index (κ2) is 10.0. The van der Waals surface area contributed by atoms with E-state index in [1.54, 1.807) is 0 Å². The van der Waals surface area contributed by atoms with Crippen molar-refractivity contribution in [2.75, 3.05) is 0 Å². The fourth-order valence-electron chi connectivity index (χ4n) is 6.04. The van der Waals surface area contributed by atoms with E-state index >= 15 is 0 Å². The van der Waals surface area contributed by atoms with Crippen LogP contribution in [0.5, 0.6) is 0 Å². The van der Waals surface area contributed by atoms with Gasteiger partial charge in [0.15, 0.2) is 17.5 Å². The summed E-state index contributed by atoms with van der Waals surface area (Å²) in [6, 6.07) is 49.2. The van der Waals surface area contributed by atoms with Crippen LogP contribution in [0.15, 0.2) is 140 Å². The monoisotopic (exact) mass is 552 g/mol. The van der Waals surface area contributed by atoms with Gasteiger partial charge in [-0.3, -0.25) is 0 Å². The Labute approximate surface area is 246 Å². The van der Waals surface area contributed by atoms with Gasteiger partial charge in [-0.25, -0.2) is 15.0 Å². The van der Waals surface area contributed by atoms with Crippen molar-refractivity contribution in [1.82, 2.24) is 15.0 Å². The van der Waals surface area contributed by atoms with Gasteiger partial charge in [0.1, 0.15) is 8.80 Å². The van der Waals surface area contributed by atoms with Crippen LogP contribution in [-0.4, -0.2) is 23.7 Å². The molecule has 1 radical (unpaired) electrons. The summed E-state index contributed by atoms with van der Waals surface area (Å²) in [6.07, 6.45) is 0. The van der Waals surface area contributed by atoms with Crippen molar-refractivity contribution in [2.24, 2.45) is 0 Å². The molecule has 2 heterocycles. The van der Waals surface area contributed by atoms with E-state index < -0.39 is 8.80 Å². The molecule has 0 atom stereocenters. The van der Waals surface area contributed by atoms with Crippen LogP contribution in [0.3, 0.4) is 0 Å². The largest absolute Gasteiger partial charge is 0.208 e. The Morgan fingerprint density at radius 1 is 0.405 bits per heavy atom. The van der Waals surface area contributed by atoms with Crippen LogP contribution < -0.4 is 10.4 Å². The van der Waals surface area contributed by atoms with E-state index in [9.17, 15) is 0 Å². The molecule has 197 valence electrons. The molecule has 3 nitrogen and oxygen atoms in total. The highest BCUT2D eigenvalue weighted by Gasteiger charge is 2.27. The molecule has 0 saturated carbocycles. The van der Waals surface area contributed by atoms with Gasteiger partial charge in [0.05, 0.1) is 0 Å². The van der Waals surface area contributed by atoms with Crippen LogP contribution in [0.25, 0.3) is 67.2 Å². The van der Waals surface area contributed by atoms with Crippen LogP contribution in [0.2, 0.25) is 6.55 Å². The first-order valence-electron chi connectivity index (χ1n) is 14.2. The van der Waals surface area contributed by atoms with Gasteiger partial charge >= 0.3 is 0 Å². The molecule has 6 aromatic carbocycles. The lowest BCUT2D eigenvalue weighted by Gasteiger charge is -2.11. The summed E-state index contributed by atoms with van der Waals surface area (Å²) in [7, 11) is -0.841. The molecule has 0 spiro atoms. The molecule has 0 saturated heterocycles. The van der Waals surface area contributed by atoms with E-state index in [2.05, 4.69) is 128 Å². The fraction of sp³-hybridized carbons (Fsp3) is 0.0263. The van der Waals surface area contributed by atoms with E-state index in [1.165, 1.54) is 43.4 Å². The Hall–Kier alpha value is -5.19. The minimum absolute atomic E-state index is 0.675. The molecule has 7 aromatic rings. The zero-order valence-corrected chi connectivity index (χ0v) is 24.1. The van der Waals surface area contributed by atoms with Gasteiger partial charge in [0, 0.05) is 16.7 Å². The maximum atomic E-state index is 5.04. The van der Waals surface area contributed by atoms with Crippen molar-refractivity contribution in [3.05, 3.63) is 140 Å². The van der Waals surface area contributed by atoms with Gasteiger partial charge < -0.3 is 0 Å². The molecule has 1 aromatic heterocycles. The summed E-state index contributed by atoms with van der Waals surface area (Å²) < 4.78 is 0. The van der Waals surface area contributed by atoms with Crippen LogP contribution in [0.1, 0.15) is 0 Å². The van der Waals surface area contributed by atoms with Gasteiger partial charge in [-0.05, 0) is 43.4 Å². The highest BCUT2D eigenvalue weighted by atomic mass is 28.3. The third kappa shape index (κ3) is 4.16. The lowest BCUT2D eigenvalue weighted by molar-refractivity contribution is 1.07. The Morgan fingerprint density at radius 3 is 1.76 bits per heavy atom. The maximum Gasteiger partial charge on any atom is 0.164 e. The van der Waals surface area contributed by atoms with Gasteiger partial charge in [0.2, 0.25) is 0 Å². The Balaban J connectivity index is 1.23. The number of fused-ring (bicyclic) bond motifs is 4. The molecular weight excluding hydrogens is 527 g/mol. The lowest BCUT2D eigenvalue weighted by Crippen LogP contribution is -2.34. The van der Waals surface area contributed by atoms with Crippen molar-refractivity contribution in [2.45, 2.75) is 6.55 Å². The van der Waals surface area contributed by atoms with E-state index in [0.717, 1.165) is 16.7 Å². The first-order valence-corrected chi connectivity index (χ1v) is 16.2. The summed E-state index contributed by atoms with van der Waals surface area (Å²) in [5.41, 5.74) is 8.06. The van der Waals surface area contributed by atoms with Crippen molar-refractivity contribution < 1.29 is 0 Å².